The van der Waals surface area contributed by atoms with Gasteiger partial charge in [0.05, 0.1) is 101 Å². The standard InChI is InChI=1S/C62H80N8O8P2/c1-41(33-71)63-25-49-13-50(26-64-42(2)34-72)18-57(17-49)79(58-19-51(27-65-43(3)35-73)14-52(20-58)28-66-44(4)36-74)61-11-9-10-12-62(61)80(59-21-53(29-67-45(5)37-75)15-54(22-59)30-68-46(6)38-76)60-23-55(31-69-47(7)39-77)16-56(24-60)32-70-48(8)40-78/h9-32,41-48,71-78H,33-40H2,1-8H3/t41-,42-,43-,44-,45-,46-,47-,48-,79?,80?/m1/s1. The SMILES string of the molecule is C[C@H](CO)N=Cc1cc(C=N[C@H](C)CO)cc(P(c2cc(C=N[C@H](C)CO)cc(C=N[C@H](C)CO)c2)c2ccccc2P(c2cc(C=N[C@H](C)CO)cc(C=N[C@H](C)CO)c2)c2cc(C=N[C@H](C)CO)cc(C=N[C@H](C)CO)c2)c1. The van der Waals surface area contributed by atoms with Crippen LogP contribution in [-0.2, 0) is 0 Å². The molecular weight excluding hydrogens is 1050 g/mol. The highest BCUT2D eigenvalue weighted by molar-refractivity contribution is 7.85. The van der Waals surface area contributed by atoms with E-state index in [1.54, 1.807) is 49.7 Å². The Morgan fingerprint density at radius 1 is 0.275 bits per heavy atom. The second-order valence-corrected chi connectivity index (χ2v) is 24.4. The van der Waals surface area contributed by atoms with E-state index < -0.39 is 15.8 Å². The molecule has 0 fully saturated rings. The van der Waals surface area contributed by atoms with Crippen molar-refractivity contribution >= 4 is 97.4 Å². The Morgan fingerprint density at radius 2 is 0.425 bits per heavy atom. The monoisotopic (exact) mass is 1130 g/mol. The number of hydrogen-bond donors (Lipinski definition) is 8. The van der Waals surface area contributed by atoms with E-state index in [1.807, 2.05) is 91.8 Å². The van der Waals surface area contributed by atoms with Crippen LogP contribution < -0.4 is 31.8 Å². The largest absolute Gasteiger partial charge is 0.394 e. The molecule has 0 amide bonds. The van der Waals surface area contributed by atoms with Gasteiger partial charge in [0.25, 0.3) is 0 Å². The van der Waals surface area contributed by atoms with E-state index in [2.05, 4.69) is 60.7 Å². The predicted octanol–water partition coefficient (Wildman–Crippen LogP) is 3.60. The molecule has 5 aromatic carbocycles. The molecule has 18 heteroatoms. The second kappa shape index (κ2) is 33.7. The summed E-state index contributed by atoms with van der Waals surface area (Å²) < 4.78 is 0. The molecule has 5 rings (SSSR count). The van der Waals surface area contributed by atoms with E-state index in [0.717, 1.165) is 76.3 Å². The number of rotatable bonds is 30. The zero-order valence-corrected chi connectivity index (χ0v) is 49.0. The Labute approximate surface area is 474 Å². The Balaban J connectivity index is 2.06. The minimum absolute atomic E-state index is 0.145. The number of hydrogen-bond acceptors (Lipinski definition) is 16. The normalized spacial score (nSPS) is 16.5. The lowest BCUT2D eigenvalue weighted by atomic mass is 10.1. The summed E-state index contributed by atoms with van der Waals surface area (Å²) in [4.78, 5) is 37.6. The maximum atomic E-state index is 10.0. The van der Waals surface area contributed by atoms with Crippen molar-refractivity contribution < 1.29 is 40.9 Å². The molecule has 16 nitrogen and oxygen atoms in total. The summed E-state index contributed by atoms with van der Waals surface area (Å²) in [5.41, 5.74) is 6.08. The van der Waals surface area contributed by atoms with Gasteiger partial charge in [0.2, 0.25) is 0 Å². The van der Waals surface area contributed by atoms with Crippen LogP contribution in [0.25, 0.3) is 0 Å². The van der Waals surface area contributed by atoms with Crippen LogP contribution in [0, 0.1) is 0 Å². The van der Waals surface area contributed by atoms with Crippen molar-refractivity contribution in [3.63, 3.8) is 0 Å². The number of aliphatic imine (C=N–C) groups is 8. The van der Waals surface area contributed by atoms with Gasteiger partial charge in [-0.05, 0) is 220 Å². The van der Waals surface area contributed by atoms with Crippen LogP contribution in [-0.4, -0.2) is 192 Å². The van der Waals surface area contributed by atoms with E-state index in [-0.39, 0.29) is 101 Å². The molecule has 0 aliphatic carbocycles. The minimum atomic E-state index is -1.61. The van der Waals surface area contributed by atoms with E-state index in [1.165, 1.54) is 0 Å². The third kappa shape index (κ3) is 20.5. The smallest absolute Gasteiger partial charge is 0.0702 e. The zero-order valence-electron chi connectivity index (χ0n) is 47.2. The average Bonchev–Trinajstić information content (AvgIpc) is 3.51. The molecule has 0 aromatic heterocycles. The molecule has 0 radical (unpaired) electrons. The third-order valence-corrected chi connectivity index (χ3v) is 17.2. The fourth-order valence-electron chi connectivity index (χ4n) is 7.53. The molecule has 5 aromatic rings. The summed E-state index contributed by atoms with van der Waals surface area (Å²) >= 11 is 0. The second-order valence-electron chi connectivity index (χ2n) is 20.1. The molecule has 0 heterocycles. The van der Waals surface area contributed by atoms with E-state index in [4.69, 9.17) is 39.9 Å². The van der Waals surface area contributed by atoms with Gasteiger partial charge in [-0.2, -0.15) is 0 Å². The molecule has 0 aliphatic heterocycles. The number of nitrogens with zero attached hydrogens (tertiary/aromatic N) is 8. The van der Waals surface area contributed by atoms with Crippen LogP contribution in [0.1, 0.15) is 99.9 Å². The molecule has 0 aliphatic rings. The van der Waals surface area contributed by atoms with Crippen LogP contribution in [0.2, 0.25) is 0 Å². The first-order valence-electron chi connectivity index (χ1n) is 27.0. The van der Waals surface area contributed by atoms with Gasteiger partial charge < -0.3 is 40.9 Å². The highest BCUT2D eigenvalue weighted by Crippen LogP contribution is 2.40. The topological polar surface area (TPSA) is 261 Å². The summed E-state index contributed by atoms with van der Waals surface area (Å²) in [5.74, 6) is 0. The summed E-state index contributed by atoms with van der Waals surface area (Å²) in [6.45, 7) is 13.5. The van der Waals surface area contributed by atoms with Crippen molar-refractivity contribution in [1.29, 1.82) is 0 Å². The van der Waals surface area contributed by atoms with Crippen LogP contribution in [0.3, 0.4) is 0 Å². The van der Waals surface area contributed by atoms with Crippen molar-refractivity contribution in [1.82, 2.24) is 0 Å². The first-order chi connectivity index (χ1) is 38.5. The number of aliphatic hydroxyl groups excluding tert-OH is 8. The van der Waals surface area contributed by atoms with Gasteiger partial charge in [-0.3, -0.25) is 39.9 Å². The van der Waals surface area contributed by atoms with Crippen molar-refractivity contribution in [2.75, 3.05) is 52.9 Å². The van der Waals surface area contributed by atoms with Gasteiger partial charge in [0, 0.05) is 49.7 Å². The lowest BCUT2D eigenvalue weighted by Crippen LogP contribution is -2.35. The van der Waals surface area contributed by atoms with E-state index in [0.29, 0.717) is 0 Å². The van der Waals surface area contributed by atoms with Gasteiger partial charge >= 0.3 is 0 Å². The van der Waals surface area contributed by atoms with Crippen molar-refractivity contribution in [2.24, 2.45) is 39.9 Å². The fourth-order valence-corrected chi connectivity index (χ4v) is 13.1. The van der Waals surface area contributed by atoms with Crippen LogP contribution in [0.4, 0.5) is 0 Å². The zero-order chi connectivity index (χ0) is 58.1. The molecular formula is C62H80N8O8P2. The molecule has 8 atom stereocenters. The quantitative estimate of drug-likeness (QED) is 0.0248. The first kappa shape index (κ1) is 64.8. The Hall–Kier alpha value is -6.00. The van der Waals surface area contributed by atoms with Gasteiger partial charge in [0.15, 0.2) is 0 Å². The van der Waals surface area contributed by atoms with Crippen molar-refractivity contribution in [2.45, 2.75) is 104 Å². The molecule has 8 N–H and O–H groups in total. The minimum Gasteiger partial charge on any atom is -0.394 e. The first-order valence-corrected chi connectivity index (χ1v) is 29.6. The summed E-state index contributed by atoms with van der Waals surface area (Å²) in [5, 5.41) is 86.0. The van der Waals surface area contributed by atoms with Gasteiger partial charge in [-0.25, -0.2) is 0 Å². The van der Waals surface area contributed by atoms with E-state index >= 15 is 0 Å². The molecule has 0 unspecified atom stereocenters. The lowest BCUT2D eigenvalue weighted by Gasteiger charge is -2.29. The molecule has 0 spiro atoms. The lowest BCUT2D eigenvalue weighted by molar-refractivity contribution is 0.274. The fraction of sp³-hybridized carbons (Fsp3) is 0.387. The number of benzene rings is 5. The molecule has 0 saturated carbocycles. The number of aliphatic hydroxyl groups is 8. The molecule has 0 bridgehead atoms. The van der Waals surface area contributed by atoms with Crippen LogP contribution in [0.15, 0.2) is 137 Å². The van der Waals surface area contributed by atoms with E-state index in [9.17, 15) is 40.9 Å². The van der Waals surface area contributed by atoms with Crippen molar-refractivity contribution in [3.8, 4) is 0 Å². The summed E-state index contributed by atoms with van der Waals surface area (Å²) in [6.07, 6.45) is 14.1. The Morgan fingerprint density at radius 3 is 0.562 bits per heavy atom. The maximum absolute atomic E-state index is 10.0. The van der Waals surface area contributed by atoms with Crippen molar-refractivity contribution in [3.05, 3.63) is 142 Å². The Bertz CT molecular complexity index is 2480. The highest BCUT2D eigenvalue weighted by atomic mass is 31.1. The third-order valence-electron chi connectivity index (χ3n) is 12.2. The molecule has 426 valence electrons. The van der Waals surface area contributed by atoms with Gasteiger partial charge in [0.1, 0.15) is 0 Å². The molecule has 0 saturated heterocycles. The molecule has 80 heavy (non-hydrogen) atoms. The van der Waals surface area contributed by atoms with Gasteiger partial charge in [-0.1, -0.05) is 24.3 Å². The van der Waals surface area contributed by atoms with Crippen LogP contribution in [0.5, 0.6) is 0 Å². The van der Waals surface area contributed by atoms with Crippen LogP contribution >= 0.6 is 15.8 Å². The summed E-state index contributed by atoms with van der Waals surface area (Å²) in [7, 11) is -3.22. The van der Waals surface area contributed by atoms with Gasteiger partial charge in [-0.15, -0.1) is 0 Å². The maximum Gasteiger partial charge on any atom is 0.0702 e. The Kier molecular flexibility index (Phi) is 27.3. The predicted molar refractivity (Wildman–Crippen MR) is 337 cm³/mol. The summed E-state index contributed by atoms with van der Waals surface area (Å²) in [6, 6.07) is 30.1. The highest BCUT2D eigenvalue weighted by Gasteiger charge is 2.28. The average molecular weight is 1130 g/mol.